The number of nitrogens with one attached hydrogen (secondary N) is 1. The maximum atomic E-state index is 5.67. The average Bonchev–Trinajstić information content (AvgIpc) is 2.35. The lowest BCUT2D eigenvalue weighted by Crippen LogP contribution is -2.18. The van der Waals surface area contributed by atoms with Crippen LogP contribution in [0.5, 0.6) is 5.75 Å². The van der Waals surface area contributed by atoms with E-state index in [2.05, 4.69) is 24.0 Å². The van der Waals surface area contributed by atoms with Crippen molar-refractivity contribution in [2.75, 3.05) is 26.9 Å². The molecule has 18 heavy (non-hydrogen) atoms. The molecule has 0 aromatic heterocycles. The molecule has 3 nitrogen and oxygen atoms in total. The molecule has 100 valence electrons. The van der Waals surface area contributed by atoms with Crippen molar-refractivity contribution in [1.82, 2.24) is 5.32 Å². The molecular formula is C15H23NO2. The van der Waals surface area contributed by atoms with Crippen LogP contribution in [0.4, 0.5) is 0 Å². The van der Waals surface area contributed by atoms with E-state index in [0.717, 1.165) is 37.4 Å². The van der Waals surface area contributed by atoms with Crippen LogP contribution in [0.2, 0.25) is 0 Å². The summed E-state index contributed by atoms with van der Waals surface area (Å²) in [5, 5.41) is 3.31. The van der Waals surface area contributed by atoms with Crippen molar-refractivity contribution in [3.8, 4) is 5.75 Å². The molecule has 0 unspecified atom stereocenters. The van der Waals surface area contributed by atoms with E-state index in [1.807, 2.05) is 19.1 Å². The van der Waals surface area contributed by atoms with Crippen molar-refractivity contribution in [3.63, 3.8) is 0 Å². The van der Waals surface area contributed by atoms with Crippen LogP contribution in [0, 0.1) is 0 Å². The van der Waals surface area contributed by atoms with E-state index in [1.165, 1.54) is 5.56 Å². The molecule has 1 N–H and O–H groups in total. The van der Waals surface area contributed by atoms with E-state index in [0.29, 0.717) is 6.61 Å². The molecule has 1 aromatic carbocycles. The zero-order valence-corrected chi connectivity index (χ0v) is 11.4. The van der Waals surface area contributed by atoms with Crippen molar-refractivity contribution in [2.45, 2.75) is 19.9 Å². The first-order valence-corrected chi connectivity index (χ1v) is 6.28. The molecule has 1 rings (SSSR count). The summed E-state index contributed by atoms with van der Waals surface area (Å²) >= 11 is 0. The second-order valence-corrected chi connectivity index (χ2v) is 4.37. The molecule has 0 heterocycles. The SMILES string of the molecule is C=C(C)CCOc1cccc(CNCCOC)c1. The Morgan fingerprint density at radius 3 is 2.89 bits per heavy atom. The van der Waals surface area contributed by atoms with Gasteiger partial charge in [-0.1, -0.05) is 17.7 Å². The lowest BCUT2D eigenvalue weighted by atomic mass is 10.2. The quantitative estimate of drug-likeness (QED) is 0.539. The Morgan fingerprint density at radius 2 is 2.17 bits per heavy atom. The number of hydrogen-bond donors (Lipinski definition) is 1. The Morgan fingerprint density at radius 1 is 1.33 bits per heavy atom. The number of benzene rings is 1. The van der Waals surface area contributed by atoms with E-state index in [4.69, 9.17) is 9.47 Å². The van der Waals surface area contributed by atoms with Crippen LogP contribution in [0.15, 0.2) is 36.4 Å². The number of methoxy groups -OCH3 is 1. The van der Waals surface area contributed by atoms with Gasteiger partial charge in [0.2, 0.25) is 0 Å². The standard InChI is InChI=1S/C15H23NO2/c1-13(2)7-9-18-15-6-4-5-14(11-15)12-16-8-10-17-3/h4-6,11,16H,1,7-10,12H2,2-3H3. The molecule has 0 bridgehead atoms. The normalized spacial score (nSPS) is 10.3. The van der Waals surface area contributed by atoms with Crippen molar-refractivity contribution in [2.24, 2.45) is 0 Å². The largest absolute Gasteiger partial charge is 0.493 e. The molecule has 0 saturated carbocycles. The first kappa shape index (κ1) is 14.7. The summed E-state index contributed by atoms with van der Waals surface area (Å²) in [5.41, 5.74) is 2.37. The van der Waals surface area contributed by atoms with Crippen LogP contribution in [0.1, 0.15) is 18.9 Å². The van der Waals surface area contributed by atoms with E-state index in [1.54, 1.807) is 7.11 Å². The minimum Gasteiger partial charge on any atom is -0.493 e. The van der Waals surface area contributed by atoms with Crippen LogP contribution in [-0.2, 0) is 11.3 Å². The highest BCUT2D eigenvalue weighted by Gasteiger charge is 1.97. The van der Waals surface area contributed by atoms with Gasteiger partial charge in [-0.3, -0.25) is 0 Å². The summed E-state index contributed by atoms with van der Waals surface area (Å²) in [5.74, 6) is 0.919. The Balaban J connectivity index is 2.34. The molecule has 1 aromatic rings. The summed E-state index contributed by atoms with van der Waals surface area (Å²) in [7, 11) is 1.71. The van der Waals surface area contributed by atoms with Gasteiger partial charge in [0.15, 0.2) is 0 Å². The summed E-state index contributed by atoms with van der Waals surface area (Å²) < 4.78 is 10.7. The number of rotatable bonds is 9. The first-order chi connectivity index (χ1) is 8.72. The van der Waals surface area contributed by atoms with Gasteiger partial charge in [-0.25, -0.2) is 0 Å². The fourth-order valence-electron chi connectivity index (χ4n) is 1.50. The van der Waals surface area contributed by atoms with Crippen LogP contribution < -0.4 is 10.1 Å². The zero-order chi connectivity index (χ0) is 13.2. The van der Waals surface area contributed by atoms with E-state index in [9.17, 15) is 0 Å². The van der Waals surface area contributed by atoms with Gasteiger partial charge in [0.25, 0.3) is 0 Å². The Labute approximate surface area is 110 Å². The Bertz CT molecular complexity index is 363. The fraction of sp³-hybridized carbons (Fsp3) is 0.467. The van der Waals surface area contributed by atoms with Gasteiger partial charge >= 0.3 is 0 Å². The van der Waals surface area contributed by atoms with Gasteiger partial charge in [0.05, 0.1) is 13.2 Å². The van der Waals surface area contributed by atoms with E-state index in [-0.39, 0.29) is 0 Å². The molecular weight excluding hydrogens is 226 g/mol. The summed E-state index contributed by atoms with van der Waals surface area (Å²) in [6.45, 7) is 8.99. The minimum absolute atomic E-state index is 0.690. The first-order valence-electron chi connectivity index (χ1n) is 6.28. The van der Waals surface area contributed by atoms with Crippen LogP contribution in [-0.4, -0.2) is 26.9 Å². The smallest absolute Gasteiger partial charge is 0.119 e. The highest BCUT2D eigenvalue weighted by atomic mass is 16.5. The topological polar surface area (TPSA) is 30.5 Å². The van der Waals surface area contributed by atoms with Gasteiger partial charge < -0.3 is 14.8 Å². The predicted octanol–water partition coefficient (Wildman–Crippen LogP) is 2.77. The van der Waals surface area contributed by atoms with Crippen LogP contribution in [0.3, 0.4) is 0 Å². The van der Waals surface area contributed by atoms with Crippen LogP contribution in [0.25, 0.3) is 0 Å². The number of hydrogen-bond acceptors (Lipinski definition) is 3. The van der Waals surface area contributed by atoms with Crippen LogP contribution >= 0.6 is 0 Å². The second kappa shape index (κ2) is 8.72. The summed E-state index contributed by atoms with van der Waals surface area (Å²) in [6, 6.07) is 8.16. The molecule has 0 aliphatic rings. The molecule has 0 radical (unpaired) electrons. The average molecular weight is 249 g/mol. The minimum atomic E-state index is 0.690. The third-order valence-corrected chi connectivity index (χ3v) is 2.51. The summed E-state index contributed by atoms with van der Waals surface area (Å²) in [6.07, 6.45) is 0.899. The maximum Gasteiger partial charge on any atom is 0.119 e. The fourth-order valence-corrected chi connectivity index (χ4v) is 1.50. The molecule has 0 saturated heterocycles. The monoisotopic (exact) mass is 249 g/mol. The Kier molecular flexibility index (Phi) is 7.14. The molecule has 0 amide bonds. The third-order valence-electron chi connectivity index (χ3n) is 2.51. The zero-order valence-electron chi connectivity index (χ0n) is 11.4. The summed E-state index contributed by atoms with van der Waals surface area (Å²) in [4.78, 5) is 0. The van der Waals surface area contributed by atoms with Crippen molar-refractivity contribution in [3.05, 3.63) is 42.0 Å². The van der Waals surface area contributed by atoms with E-state index >= 15 is 0 Å². The molecule has 0 aliphatic heterocycles. The van der Waals surface area contributed by atoms with Gasteiger partial charge in [0.1, 0.15) is 5.75 Å². The van der Waals surface area contributed by atoms with Crippen molar-refractivity contribution >= 4 is 0 Å². The molecule has 0 atom stereocenters. The van der Waals surface area contributed by atoms with Gasteiger partial charge in [-0.05, 0) is 24.6 Å². The van der Waals surface area contributed by atoms with Gasteiger partial charge in [-0.2, -0.15) is 0 Å². The maximum absolute atomic E-state index is 5.67. The molecule has 0 aliphatic carbocycles. The van der Waals surface area contributed by atoms with Crippen molar-refractivity contribution in [1.29, 1.82) is 0 Å². The lowest BCUT2D eigenvalue weighted by Gasteiger charge is -2.08. The van der Waals surface area contributed by atoms with Gasteiger partial charge in [-0.15, -0.1) is 6.58 Å². The lowest BCUT2D eigenvalue weighted by molar-refractivity contribution is 0.199. The van der Waals surface area contributed by atoms with E-state index < -0.39 is 0 Å². The highest BCUT2D eigenvalue weighted by Crippen LogP contribution is 2.14. The second-order valence-electron chi connectivity index (χ2n) is 4.37. The molecule has 0 fully saturated rings. The third kappa shape index (κ3) is 6.42. The molecule has 3 heteroatoms. The Hall–Kier alpha value is -1.32. The van der Waals surface area contributed by atoms with Gasteiger partial charge in [0, 0.05) is 26.6 Å². The van der Waals surface area contributed by atoms with Crippen molar-refractivity contribution < 1.29 is 9.47 Å². The highest BCUT2D eigenvalue weighted by molar-refractivity contribution is 5.28. The predicted molar refractivity (Wildman–Crippen MR) is 75.0 cm³/mol. The number of ether oxygens (including phenoxy) is 2. The molecule has 0 spiro atoms.